The van der Waals surface area contributed by atoms with Crippen LogP contribution in [0.2, 0.25) is 0 Å². The Bertz CT molecular complexity index is 424. The molecular weight excluding hydrogens is 244 g/mol. The Morgan fingerprint density at radius 1 is 1.16 bits per heavy atom. The van der Waals surface area contributed by atoms with Crippen LogP contribution < -0.4 is 0 Å². The molecule has 0 aromatic carbocycles. The molecule has 2 aliphatic carbocycles. The second kappa shape index (κ2) is 3.74. The summed E-state index contributed by atoms with van der Waals surface area (Å²) in [7, 11) is 0. The number of epoxide rings is 2. The maximum atomic E-state index is 6.08. The summed E-state index contributed by atoms with van der Waals surface area (Å²) in [6.07, 6.45) is 9.23. The third-order valence-electron chi connectivity index (χ3n) is 5.45. The fourth-order valence-corrected chi connectivity index (χ4v) is 4.07. The van der Waals surface area contributed by atoms with Gasteiger partial charge in [0.05, 0.1) is 25.4 Å². The Morgan fingerprint density at radius 2 is 2.05 bits per heavy atom. The predicted molar refractivity (Wildman–Crippen MR) is 66.3 cm³/mol. The lowest BCUT2D eigenvalue weighted by Crippen LogP contribution is -2.46. The van der Waals surface area contributed by atoms with Crippen LogP contribution in [-0.4, -0.2) is 37.8 Å². The summed E-state index contributed by atoms with van der Waals surface area (Å²) in [5, 5.41) is 0. The highest BCUT2D eigenvalue weighted by molar-refractivity contribution is 5.18. The summed E-state index contributed by atoms with van der Waals surface area (Å²) in [5.74, 6) is 1.66. The van der Waals surface area contributed by atoms with Crippen LogP contribution in [0.15, 0.2) is 11.8 Å². The molecule has 4 heteroatoms. The fourth-order valence-electron chi connectivity index (χ4n) is 4.07. The molecule has 0 bridgehead atoms. The first-order valence-corrected chi connectivity index (χ1v) is 7.57. The first-order valence-electron chi connectivity index (χ1n) is 7.57. The number of rotatable bonds is 1. The van der Waals surface area contributed by atoms with Crippen molar-refractivity contribution >= 4 is 0 Å². The molecule has 4 nitrogen and oxygen atoms in total. The summed E-state index contributed by atoms with van der Waals surface area (Å²) in [4.78, 5) is 0. The zero-order chi connectivity index (χ0) is 12.4. The Hall–Kier alpha value is -0.580. The van der Waals surface area contributed by atoms with Crippen molar-refractivity contribution < 1.29 is 18.9 Å². The molecule has 0 aromatic rings. The van der Waals surface area contributed by atoms with Gasteiger partial charge in [0.1, 0.15) is 5.76 Å². The SMILES string of the molecule is C1=C2OC2CC(C2OCC3(CCC4OC4C3)CO2)C1. The van der Waals surface area contributed by atoms with E-state index in [0.717, 1.165) is 32.5 Å². The van der Waals surface area contributed by atoms with Gasteiger partial charge >= 0.3 is 0 Å². The highest BCUT2D eigenvalue weighted by Crippen LogP contribution is 2.49. The van der Waals surface area contributed by atoms with Gasteiger partial charge in [0.15, 0.2) is 12.4 Å². The van der Waals surface area contributed by atoms with Gasteiger partial charge in [0, 0.05) is 11.3 Å². The third kappa shape index (κ3) is 1.84. The molecule has 1 saturated carbocycles. The van der Waals surface area contributed by atoms with Gasteiger partial charge in [0.2, 0.25) is 0 Å². The molecule has 5 rings (SSSR count). The van der Waals surface area contributed by atoms with Gasteiger partial charge in [-0.25, -0.2) is 0 Å². The minimum absolute atomic E-state index is 0.0227. The van der Waals surface area contributed by atoms with Crippen LogP contribution in [0, 0.1) is 11.3 Å². The molecule has 3 aliphatic heterocycles. The Balaban J connectivity index is 1.22. The van der Waals surface area contributed by atoms with E-state index in [1.165, 1.54) is 18.6 Å². The van der Waals surface area contributed by atoms with Crippen LogP contribution in [-0.2, 0) is 18.9 Å². The van der Waals surface area contributed by atoms with Crippen LogP contribution in [0.25, 0.3) is 0 Å². The highest BCUT2D eigenvalue weighted by atomic mass is 16.7. The molecule has 4 atom stereocenters. The largest absolute Gasteiger partial charge is 0.483 e. The Kier molecular flexibility index (Phi) is 2.19. The molecular formula is C15H20O4. The van der Waals surface area contributed by atoms with Crippen molar-refractivity contribution in [1.29, 1.82) is 0 Å². The molecule has 0 aromatic heterocycles. The van der Waals surface area contributed by atoms with Crippen molar-refractivity contribution in [2.75, 3.05) is 13.2 Å². The van der Waals surface area contributed by atoms with E-state index in [1.807, 2.05) is 0 Å². The lowest BCUT2D eigenvalue weighted by Gasteiger charge is -2.43. The average molecular weight is 264 g/mol. The van der Waals surface area contributed by atoms with Gasteiger partial charge in [-0.05, 0) is 38.2 Å². The fraction of sp³-hybridized carbons (Fsp3) is 0.867. The van der Waals surface area contributed by atoms with Gasteiger partial charge in [-0.3, -0.25) is 0 Å². The number of ether oxygens (including phenoxy) is 4. The van der Waals surface area contributed by atoms with Crippen molar-refractivity contribution in [2.45, 2.75) is 56.7 Å². The van der Waals surface area contributed by atoms with E-state index in [4.69, 9.17) is 18.9 Å². The summed E-state index contributed by atoms with van der Waals surface area (Å²) < 4.78 is 23.3. The first-order chi connectivity index (χ1) is 9.31. The Morgan fingerprint density at radius 3 is 2.84 bits per heavy atom. The number of hydrogen-bond donors (Lipinski definition) is 0. The topological polar surface area (TPSA) is 43.5 Å². The molecule has 104 valence electrons. The maximum Gasteiger partial charge on any atom is 0.160 e. The van der Waals surface area contributed by atoms with Crippen molar-refractivity contribution in [1.82, 2.24) is 0 Å². The molecule has 4 fully saturated rings. The quantitative estimate of drug-likeness (QED) is 0.679. The average Bonchev–Trinajstić information content (AvgIpc) is 3.33. The van der Waals surface area contributed by atoms with E-state index in [9.17, 15) is 0 Å². The normalized spacial score (nSPS) is 54.7. The van der Waals surface area contributed by atoms with Crippen LogP contribution >= 0.6 is 0 Å². The van der Waals surface area contributed by atoms with Crippen LogP contribution in [0.1, 0.15) is 32.1 Å². The zero-order valence-electron chi connectivity index (χ0n) is 11.0. The Labute approximate surface area is 113 Å². The van der Waals surface area contributed by atoms with E-state index in [-0.39, 0.29) is 11.7 Å². The van der Waals surface area contributed by atoms with Gasteiger partial charge in [-0.1, -0.05) is 0 Å². The lowest BCUT2D eigenvalue weighted by atomic mass is 9.75. The number of allylic oxidation sites excluding steroid dienone is 1. The summed E-state index contributed by atoms with van der Waals surface area (Å²) in [6.45, 7) is 1.70. The predicted octanol–water partition coefficient (Wildman–Crippen LogP) is 1.99. The smallest absolute Gasteiger partial charge is 0.160 e. The van der Waals surface area contributed by atoms with E-state index in [1.54, 1.807) is 0 Å². The summed E-state index contributed by atoms with van der Waals surface area (Å²) in [5.41, 5.74) is 0.236. The minimum Gasteiger partial charge on any atom is -0.483 e. The van der Waals surface area contributed by atoms with Crippen LogP contribution in [0.3, 0.4) is 0 Å². The van der Waals surface area contributed by atoms with Crippen molar-refractivity contribution in [2.24, 2.45) is 11.3 Å². The molecule has 1 spiro atoms. The molecule has 3 saturated heterocycles. The zero-order valence-corrected chi connectivity index (χ0v) is 11.0. The van der Waals surface area contributed by atoms with Gasteiger partial charge in [0.25, 0.3) is 0 Å². The summed E-state index contributed by atoms with van der Waals surface area (Å²) >= 11 is 0. The van der Waals surface area contributed by atoms with Crippen LogP contribution in [0.5, 0.6) is 0 Å². The molecule has 5 aliphatic rings. The second-order valence-corrected chi connectivity index (χ2v) is 6.89. The van der Waals surface area contributed by atoms with Crippen molar-refractivity contribution in [3.05, 3.63) is 11.8 Å². The van der Waals surface area contributed by atoms with Crippen molar-refractivity contribution in [3.8, 4) is 0 Å². The van der Waals surface area contributed by atoms with E-state index in [2.05, 4.69) is 6.08 Å². The van der Waals surface area contributed by atoms with E-state index < -0.39 is 0 Å². The van der Waals surface area contributed by atoms with E-state index in [0.29, 0.717) is 24.2 Å². The second-order valence-electron chi connectivity index (χ2n) is 6.89. The highest BCUT2D eigenvalue weighted by Gasteiger charge is 2.53. The molecule has 4 unspecified atom stereocenters. The maximum absolute atomic E-state index is 6.08. The van der Waals surface area contributed by atoms with Crippen molar-refractivity contribution in [3.63, 3.8) is 0 Å². The van der Waals surface area contributed by atoms with Gasteiger partial charge in [-0.2, -0.15) is 0 Å². The third-order valence-corrected chi connectivity index (χ3v) is 5.45. The molecule has 0 N–H and O–H groups in total. The van der Waals surface area contributed by atoms with E-state index >= 15 is 0 Å². The first kappa shape index (κ1) is 11.1. The summed E-state index contributed by atoms with van der Waals surface area (Å²) in [6, 6.07) is 0. The molecule has 0 radical (unpaired) electrons. The monoisotopic (exact) mass is 264 g/mol. The standard InChI is InChI=1S/C15H20O4/c1-2-10-12(18-10)5-9(1)14-16-7-15(8-17-14)4-3-11-13(6-15)19-11/h2,9,11-14H,1,3-8H2. The molecule has 3 heterocycles. The molecule has 19 heavy (non-hydrogen) atoms. The minimum atomic E-state index is -0.0227. The lowest BCUT2D eigenvalue weighted by molar-refractivity contribution is -0.255. The van der Waals surface area contributed by atoms with Crippen LogP contribution in [0.4, 0.5) is 0 Å². The van der Waals surface area contributed by atoms with Gasteiger partial charge in [-0.15, -0.1) is 0 Å². The number of hydrogen-bond acceptors (Lipinski definition) is 4. The number of fused-ring (bicyclic) bond motifs is 2. The van der Waals surface area contributed by atoms with Gasteiger partial charge < -0.3 is 18.9 Å². The molecule has 0 amide bonds.